The summed E-state index contributed by atoms with van der Waals surface area (Å²) >= 11 is 0. The molecule has 0 aromatic heterocycles. The fourth-order valence-corrected chi connectivity index (χ4v) is 4.00. The van der Waals surface area contributed by atoms with Crippen molar-refractivity contribution in [1.29, 1.82) is 0 Å². The Kier molecular flexibility index (Phi) is 5.98. The fourth-order valence-electron chi connectivity index (χ4n) is 2.27. The number of hydrogen-bond acceptors (Lipinski definition) is 4. The largest absolute Gasteiger partial charge is 0.348 e. The summed E-state index contributed by atoms with van der Waals surface area (Å²) in [6.07, 6.45) is 1.23. The maximum absolute atomic E-state index is 12.1. The van der Waals surface area contributed by atoms with Crippen molar-refractivity contribution in [3.05, 3.63) is 0 Å². The first-order valence-electron chi connectivity index (χ1n) is 7.06. The molecule has 1 unspecified atom stereocenters. The maximum atomic E-state index is 12.1. The van der Waals surface area contributed by atoms with Crippen molar-refractivity contribution < 1.29 is 18.0 Å². The Morgan fingerprint density at radius 3 is 2.45 bits per heavy atom. The van der Waals surface area contributed by atoms with Crippen molar-refractivity contribution in [3.8, 4) is 0 Å². The summed E-state index contributed by atoms with van der Waals surface area (Å²) < 4.78 is 22.9. The highest BCUT2D eigenvalue weighted by molar-refractivity contribution is 7.91. The average molecular weight is 304 g/mol. The zero-order valence-electron chi connectivity index (χ0n) is 12.4. The summed E-state index contributed by atoms with van der Waals surface area (Å²) in [5, 5.41) is 2.59. The molecule has 0 saturated carbocycles. The predicted octanol–water partition coefficient (Wildman–Crippen LogP) is 0.184. The van der Waals surface area contributed by atoms with Gasteiger partial charge in [0.25, 0.3) is 0 Å². The molecule has 1 N–H and O–H groups in total. The molecule has 0 spiro atoms. The fraction of sp³-hybridized carbons (Fsp3) is 0.846. The van der Waals surface area contributed by atoms with Crippen LogP contribution < -0.4 is 5.32 Å². The summed E-state index contributed by atoms with van der Waals surface area (Å²) in [4.78, 5) is 25.2. The Bertz CT molecular complexity index is 459. The second kappa shape index (κ2) is 7.06. The van der Waals surface area contributed by atoms with Crippen LogP contribution in [0.2, 0.25) is 0 Å². The molecule has 116 valence electrons. The summed E-state index contributed by atoms with van der Waals surface area (Å²) in [5.41, 5.74) is 0. The first-order valence-corrected chi connectivity index (χ1v) is 8.88. The van der Waals surface area contributed by atoms with Crippen LogP contribution in [0, 0.1) is 5.92 Å². The quantitative estimate of drug-likeness (QED) is 0.735. The van der Waals surface area contributed by atoms with E-state index in [9.17, 15) is 18.0 Å². The molecule has 0 aromatic carbocycles. The van der Waals surface area contributed by atoms with E-state index in [1.807, 2.05) is 13.8 Å². The number of nitrogens with one attached hydrogen (secondary N) is 1. The average Bonchev–Trinajstić information content (AvgIpc) is 2.69. The normalized spacial score (nSPS) is 20.9. The first kappa shape index (κ1) is 16.9. The second-order valence-corrected chi connectivity index (χ2v) is 7.82. The van der Waals surface area contributed by atoms with Gasteiger partial charge in [-0.2, -0.15) is 0 Å². The third-order valence-corrected chi connectivity index (χ3v) is 5.20. The Balaban J connectivity index is 2.56. The van der Waals surface area contributed by atoms with E-state index in [1.165, 1.54) is 4.90 Å². The molecule has 20 heavy (non-hydrogen) atoms. The molecule has 1 rings (SSSR count). The van der Waals surface area contributed by atoms with E-state index in [0.717, 1.165) is 6.42 Å². The van der Waals surface area contributed by atoms with Crippen LogP contribution in [-0.2, 0) is 19.4 Å². The molecule has 1 fully saturated rings. The minimum Gasteiger partial charge on any atom is -0.348 e. The van der Waals surface area contributed by atoms with E-state index in [-0.39, 0.29) is 17.5 Å². The lowest BCUT2D eigenvalue weighted by molar-refractivity contribution is -0.147. The van der Waals surface area contributed by atoms with Gasteiger partial charge in [0.1, 0.15) is 0 Å². The van der Waals surface area contributed by atoms with E-state index >= 15 is 0 Å². The third-order valence-electron chi connectivity index (χ3n) is 3.45. The number of carbonyl (C=O) groups is 2. The number of carbonyl (C=O) groups excluding carboxylic acids is 2. The SMILES string of the molecule is CCN(C(=O)C(=O)NCCC(C)C)C1CCS(=O)(=O)C1. The van der Waals surface area contributed by atoms with Gasteiger partial charge < -0.3 is 10.2 Å². The van der Waals surface area contributed by atoms with Crippen molar-refractivity contribution in [1.82, 2.24) is 10.2 Å². The number of amides is 2. The summed E-state index contributed by atoms with van der Waals surface area (Å²) in [7, 11) is -3.06. The molecule has 7 heteroatoms. The lowest BCUT2D eigenvalue weighted by atomic mass is 10.1. The first-order chi connectivity index (χ1) is 9.26. The molecule has 0 radical (unpaired) electrons. The van der Waals surface area contributed by atoms with Gasteiger partial charge in [0.05, 0.1) is 11.5 Å². The van der Waals surface area contributed by atoms with E-state index in [0.29, 0.717) is 25.4 Å². The van der Waals surface area contributed by atoms with Crippen LogP contribution in [0.25, 0.3) is 0 Å². The van der Waals surface area contributed by atoms with Gasteiger partial charge in [-0.3, -0.25) is 9.59 Å². The highest BCUT2D eigenvalue weighted by Gasteiger charge is 2.35. The van der Waals surface area contributed by atoms with Gasteiger partial charge in [0.15, 0.2) is 9.84 Å². The molecule has 6 nitrogen and oxygen atoms in total. The standard InChI is InChI=1S/C13H24N2O4S/c1-4-15(11-6-8-20(18,19)9-11)13(17)12(16)14-7-5-10(2)3/h10-11H,4-9H2,1-3H3,(H,14,16). The lowest BCUT2D eigenvalue weighted by Gasteiger charge is -2.26. The van der Waals surface area contributed by atoms with Crippen LogP contribution in [0.4, 0.5) is 0 Å². The molecular weight excluding hydrogens is 280 g/mol. The van der Waals surface area contributed by atoms with E-state index < -0.39 is 21.7 Å². The van der Waals surface area contributed by atoms with Gasteiger partial charge in [-0.05, 0) is 25.7 Å². The van der Waals surface area contributed by atoms with Crippen LogP contribution >= 0.6 is 0 Å². The number of hydrogen-bond donors (Lipinski definition) is 1. The van der Waals surface area contributed by atoms with Crippen molar-refractivity contribution in [2.24, 2.45) is 5.92 Å². The van der Waals surface area contributed by atoms with Crippen molar-refractivity contribution >= 4 is 21.7 Å². The van der Waals surface area contributed by atoms with Gasteiger partial charge in [0, 0.05) is 19.1 Å². The predicted molar refractivity (Wildman–Crippen MR) is 76.9 cm³/mol. The van der Waals surface area contributed by atoms with E-state index in [1.54, 1.807) is 6.92 Å². The Hall–Kier alpha value is -1.11. The summed E-state index contributed by atoms with van der Waals surface area (Å²) in [6, 6.07) is -0.367. The van der Waals surface area contributed by atoms with E-state index in [4.69, 9.17) is 0 Å². The van der Waals surface area contributed by atoms with Gasteiger partial charge in [-0.25, -0.2) is 8.42 Å². The third kappa shape index (κ3) is 4.77. The molecule has 1 saturated heterocycles. The zero-order valence-corrected chi connectivity index (χ0v) is 13.2. The molecule has 0 aromatic rings. The van der Waals surface area contributed by atoms with Crippen LogP contribution in [0.3, 0.4) is 0 Å². The number of nitrogens with zero attached hydrogens (tertiary/aromatic N) is 1. The van der Waals surface area contributed by atoms with Crippen molar-refractivity contribution in [3.63, 3.8) is 0 Å². The van der Waals surface area contributed by atoms with Gasteiger partial charge in [-0.15, -0.1) is 0 Å². The minimum atomic E-state index is -3.06. The minimum absolute atomic E-state index is 0.0359. The molecule has 1 heterocycles. The molecule has 2 amide bonds. The molecule has 1 aliphatic heterocycles. The maximum Gasteiger partial charge on any atom is 0.312 e. The summed E-state index contributed by atoms with van der Waals surface area (Å²) in [6.45, 7) is 6.63. The smallest absolute Gasteiger partial charge is 0.312 e. The second-order valence-electron chi connectivity index (χ2n) is 5.59. The Morgan fingerprint density at radius 1 is 1.35 bits per heavy atom. The summed E-state index contributed by atoms with van der Waals surface area (Å²) in [5.74, 6) is -0.759. The van der Waals surface area contributed by atoms with Gasteiger partial charge in [0.2, 0.25) is 0 Å². The van der Waals surface area contributed by atoms with E-state index in [2.05, 4.69) is 5.32 Å². The topological polar surface area (TPSA) is 83.6 Å². The van der Waals surface area contributed by atoms with Crippen LogP contribution in [0.15, 0.2) is 0 Å². The molecule has 1 aliphatic rings. The lowest BCUT2D eigenvalue weighted by Crippen LogP contribution is -2.48. The van der Waals surface area contributed by atoms with Crippen LogP contribution in [-0.4, -0.2) is 55.8 Å². The monoisotopic (exact) mass is 304 g/mol. The highest BCUT2D eigenvalue weighted by atomic mass is 32.2. The number of likely N-dealkylation sites (N-methyl/N-ethyl adjacent to an activating group) is 1. The molecule has 0 aliphatic carbocycles. The number of rotatable bonds is 5. The Morgan fingerprint density at radius 2 is 2.00 bits per heavy atom. The van der Waals surface area contributed by atoms with Crippen LogP contribution in [0.1, 0.15) is 33.6 Å². The van der Waals surface area contributed by atoms with Crippen molar-refractivity contribution in [2.75, 3.05) is 24.6 Å². The molecular formula is C13H24N2O4S. The van der Waals surface area contributed by atoms with Crippen LogP contribution in [0.5, 0.6) is 0 Å². The van der Waals surface area contributed by atoms with Crippen molar-refractivity contribution in [2.45, 2.75) is 39.7 Å². The molecule has 1 atom stereocenters. The zero-order chi connectivity index (χ0) is 15.3. The molecule has 0 bridgehead atoms. The highest BCUT2D eigenvalue weighted by Crippen LogP contribution is 2.17. The number of sulfone groups is 1. The Labute approximate surface area is 120 Å². The van der Waals surface area contributed by atoms with Gasteiger partial charge >= 0.3 is 11.8 Å². The van der Waals surface area contributed by atoms with Gasteiger partial charge in [-0.1, -0.05) is 13.8 Å².